The summed E-state index contributed by atoms with van der Waals surface area (Å²) in [5.74, 6) is 1.18. The van der Waals surface area contributed by atoms with Crippen LogP contribution in [0.3, 0.4) is 0 Å². The zero-order valence-corrected chi connectivity index (χ0v) is 67.4. The van der Waals surface area contributed by atoms with Crippen LogP contribution in [0.2, 0.25) is 0 Å². The molecule has 0 aliphatic rings. The molecule has 22 rings (SSSR count). The van der Waals surface area contributed by atoms with Crippen molar-refractivity contribution in [2.24, 2.45) is 0 Å². The number of benzene rings is 16. The number of para-hydroxylation sites is 3. The first-order valence-electron chi connectivity index (χ1n) is 40.5. The number of aromatic nitrogens is 8. The lowest BCUT2D eigenvalue weighted by Crippen LogP contribution is -2.11. The van der Waals surface area contributed by atoms with Crippen LogP contribution in [0.25, 0.3) is 210 Å². The molecule has 9 nitrogen and oxygen atoms in total. The van der Waals surface area contributed by atoms with Crippen LogP contribution in [-0.2, 0) is 24.7 Å². The molecule has 22 aromatic rings. The van der Waals surface area contributed by atoms with Crippen molar-refractivity contribution in [3.63, 3.8) is 0 Å². The van der Waals surface area contributed by atoms with E-state index in [1.54, 1.807) is 52.3 Å². The quantitative estimate of drug-likeness (QED) is 0.112. The second-order valence-electron chi connectivity index (χ2n) is 30.7. The van der Waals surface area contributed by atoms with E-state index in [1.165, 1.54) is 72.8 Å². The van der Waals surface area contributed by atoms with Crippen molar-refractivity contribution >= 4 is 97.1 Å². The number of rotatable bonds is 12. The number of thiophene rings is 1. The summed E-state index contributed by atoms with van der Waals surface area (Å²) in [6.45, 7) is 0. The Hall–Kier alpha value is -15.7. The maximum Gasteiger partial charge on any atom is 0.417 e. The van der Waals surface area contributed by atoms with Gasteiger partial charge in [-0.1, -0.05) is 273 Å². The molecule has 0 atom stereocenters. The van der Waals surface area contributed by atoms with Crippen LogP contribution >= 0.6 is 11.3 Å². The highest BCUT2D eigenvalue weighted by molar-refractivity contribution is 7.26. The molecule has 0 N–H and O–H groups in total. The summed E-state index contributed by atoms with van der Waals surface area (Å²) >= 11 is 1.59. The smallest absolute Gasteiger partial charge is 0.417 e. The summed E-state index contributed by atoms with van der Waals surface area (Å²) in [5.41, 5.74) is 1.74. The van der Waals surface area contributed by atoms with Gasteiger partial charge >= 0.3 is 24.7 Å². The topological polar surface area (TPSA) is 100 Å². The van der Waals surface area contributed by atoms with Crippen molar-refractivity contribution in [3.8, 4) is 124 Å². The minimum absolute atomic E-state index is 0.00677. The summed E-state index contributed by atoms with van der Waals surface area (Å²) in [7, 11) is 0. The molecular formula is C106H60F12N8OS. The molecule has 0 aliphatic heterocycles. The van der Waals surface area contributed by atoms with Gasteiger partial charge in [0.25, 0.3) is 0 Å². The van der Waals surface area contributed by atoms with Gasteiger partial charge in [0.1, 0.15) is 11.2 Å². The average Bonchev–Trinajstić information content (AvgIpc) is 1.53. The van der Waals surface area contributed by atoms with Gasteiger partial charge in [0.05, 0.1) is 61.1 Å². The van der Waals surface area contributed by atoms with E-state index in [0.717, 1.165) is 66.0 Å². The Morgan fingerprint density at radius 2 is 0.516 bits per heavy atom. The summed E-state index contributed by atoms with van der Waals surface area (Å²) in [5, 5.41) is 6.68. The van der Waals surface area contributed by atoms with Gasteiger partial charge in [0.2, 0.25) is 0 Å². The molecule has 0 bridgehead atoms. The van der Waals surface area contributed by atoms with Gasteiger partial charge in [-0.15, -0.1) is 11.3 Å². The molecule has 22 heteroatoms. The first-order chi connectivity index (χ1) is 62.1. The number of hydrogen-bond donors (Lipinski definition) is 0. The Bertz CT molecular complexity index is 7390. The minimum atomic E-state index is -4.86. The van der Waals surface area contributed by atoms with E-state index in [4.69, 9.17) is 34.3 Å². The van der Waals surface area contributed by atoms with Crippen molar-refractivity contribution in [3.05, 3.63) is 386 Å². The van der Waals surface area contributed by atoms with Gasteiger partial charge in [0, 0.05) is 103 Å². The summed E-state index contributed by atoms with van der Waals surface area (Å²) < 4.78 is 196. The SMILES string of the molecule is FC(F)(F)c1ccccc1-c1cc(-c2nc(-c3ccccc3)nc(-c3ccccc3)n2)cc(-c2ccccc2C(F)(F)F)c1-n1c2ccccc2c2c3oc4ccccc4c3ccc21.FC(F)(F)c1ccccc1-c1cc(-c2nc(-c3ccccc3)nc(-c3ccccc3)n2)cc(-c2ccccc2C(F)(F)F)c1-n1c2ccccc2c2c3sc4ccccc4c3ccc21. The van der Waals surface area contributed by atoms with Gasteiger partial charge in [-0.3, -0.25) is 0 Å². The fourth-order valence-electron chi connectivity index (χ4n) is 17.5. The van der Waals surface area contributed by atoms with Crippen LogP contribution < -0.4 is 0 Å². The van der Waals surface area contributed by atoms with Gasteiger partial charge < -0.3 is 13.6 Å². The Balaban J connectivity index is 0.000000156. The monoisotopic (exact) mass is 1720 g/mol. The predicted molar refractivity (Wildman–Crippen MR) is 483 cm³/mol. The van der Waals surface area contributed by atoms with Crippen molar-refractivity contribution in [2.75, 3.05) is 0 Å². The number of hydrogen-bond acceptors (Lipinski definition) is 8. The highest BCUT2D eigenvalue weighted by Gasteiger charge is 2.41. The van der Waals surface area contributed by atoms with Crippen molar-refractivity contribution < 1.29 is 57.1 Å². The highest BCUT2D eigenvalue weighted by atomic mass is 32.1. The molecule has 16 aromatic carbocycles. The Morgan fingerprint density at radius 1 is 0.227 bits per heavy atom. The van der Waals surface area contributed by atoms with E-state index in [1.807, 2.05) is 235 Å². The van der Waals surface area contributed by atoms with E-state index >= 15 is 52.7 Å². The molecule has 0 aliphatic carbocycles. The Labute approximate surface area is 724 Å². The molecule has 620 valence electrons. The van der Waals surface area contributed by atoms with Crippen LogP contribution in [0.5, 0.6) is 0 Å². The molecule has 0 fully saturated rings. The average molecular weight is 1720 g/mol. The normalized spacial score (nSPS) is 12.2. The third-order valence-electron chi connectivity index (χ3n) is 23.0. The molecule has 6 aromatic heterocycles. The zero-order chi connectivity index (χ0) is 87.5. The standard InChI is InChI=1S/C53H30F6N4O.C53H30F6N4S/c2*54-52(55,56)41-23-11-7-19-34(41)39-29-33(51-61-49(31-15-3-1-4-16-31)60-50(62-51)32-17-5-2-6-18-32)30-40(35-20-8-12-24-42(35)53(57,58)59)47(39)63-43-25-13-9-22-38(43)46-44(63)28-27-37-36-21-10-14-26-45(36)64-48(37)46/h2*1-30H. The van der Waals surface area contributed by atoms with E-state index in [9.17, 15) is 0 Å². The molecule has 0 saturated heterocycles. The van der Waals surface area contributed by atoms with Crippen LogP contribution in [0.1, 0.15) is 22.3 Å². The molecule has 0 radical (unpaired) electrons. The second kappa shape index (κ2) is 31.2. The Kier molecular flexibility index (Phi) is 19.4. The van der Waals surface area contributed by atoms with Crippen molar-refractivity contribution in [2.45, 2.75) is 24.7 Å². The number of furan rings is 1. The largest absolute Gasteiger partial charge is 0.455 e. The Morgan fingerprint density at radius 3 is 0.891 bits per heavy atom. The van der Waals surface area contributed by atoms with Crippen LogP contribution in [0.15, 0.2) is 368 Å². The van der Waals surface area contributed by atoms with E-state index in [2.05, 4.69) is 0 Å². The maximum absolute atomic E-state index is 15.4. The number of nitrogens with zero attached hydrogens (tertiary/aromatic N) is 8. The minimum Gasteiger partial charge on any atom is -0.455 e. The molecule has 6 heterocycles. The molecule has 0 saturated carbocycles. The van der Waals surface area contributed by atoms with E-state index < -0.39 is 47.0 Å². The lowest BCUT2D eigenvalue weighted by molar-refractivity contribution is -0.137. The summed E-state index contributed by atoms with van der Waals surface area (Å²) in [6.07, 6.45) is -19.4. The molecular weight excluding hydrogens is 1660 g/mol. The number of halogens is 12. The van der Waals surface area contributed by atoms with Crippen LogP contribution in [0, 0.1) is 0 Å². The van der Waals surface area contributed by atoms with E-state index in [-0.39, 0.29) is 102 Å². The first-order valence-corrected chi connectivity index (χ1v) is 41.3. The van der Waals surface area contributed by atoms with Crippen LogP contribution in [-0.4, -0.2) is 39.0 Å². The fraction of sp³-hybridized carbons (Fsp3) is 0.0377. The number of alkyl halides is 12. The number of fused-ring (bicyclic) bond motifs is 14. The van der Waals surface area contributed by atoms with Crippen LogP contribution in [0.4, 0.5) is 52.7 Å². The third kappa shape index (κ3) is 14.1. The molecule has 128 heavy (non-hydrogen) atoms. The van der Waals surface area contributed by atoms with Gasteiger partial charge in [0.15, 0.2) is 34.9 Å². The predicted octanol–water partition coefficient (Wildman–Crippen LogP) is 30.9. The summed E-state index contributed by atoms with van der Waals surface area (Å²) in [4.78, 5) is 29.1. The third-order valence-corrected chi connectivity index (χ3v) is 24.2. The van der Waals surface area contributed by atoms with E-state index in [0.29, 0.717) is 66.3 Å². The maximum atomic E-state index is 15.4. The lowest BCUT2D eigenvalue weighted by atomic mass is 9.88. The second-order valence-corrected chi connectivity index (χ2v) is 31.7. The first kappa shape index (κ1) is 79.5. The van der Waals surface area contributed by atoms with Crippen molar-refractivity contribution in [1.29, 1.82) is 0 Å². The van der Waals surface area contributed by atoms with Gasteiger partial charge in [-0.2, -0.15) is 52.7 Å². The van der Waals surface area contributed by atoms with Gasteiger partial charge in [-0.25, -0.2) is 29.9 Å². The van der Waals surface area contributed by atoms with Crippen molar-refractivity contribution in [1.82, 2.24) is 39.0 Å². The fourth-order valence-corrected chi connectivity index (χ4v) is 18.8. The molecule has 0 spiro atoms. The van der Waals surface area contributed by atoms with Gasteiger partial charge in [-0.05, 0) is 113 Å². The zero-order valence-electron chi connectivity index (χ0n) is 66.6. The molecule has 0 unspecified atom stereocenters. The molecule has 0 amide bonds. The summed E-state index contributed by atoms with van der Waals surface area (Å²) in [6, 6.07) is 101. The highest BCUT2D eigenvalue weighted by Crippen LogP contribution is 2.54. The lowest BCUT2D eigenvalue weighted by Gasteiger charge is -2.24.